The van der Waals surface area contributed by atoms with Gasteiger partial charge in [-0.1, -0.05) is 44.2 Å². The van der Waals surface area contributed by atoms with Gasteiger partial charge in [-0.15, -0.1) is 0 Å². The van der Waals surface area contributed by atoms with Crippen molar-refractivity contribution in [2.24, 2.45) is 5.92 Å². The topological polar surface area (TPSA) is 76.7 Å². The number of alkyl carbamates (subject to hydrolysis) is 1. The maximum atomic E-state index is 12.0. The van der Waals surface area contributed by atoms with Crippen molar-refractivity contribution in [2.75, 3.05) is 13.1 Å². The zero-order valence-electron chi connectivity index (χ0n) is 16.5. The molecule has 1 aromatic rings. The molecule has 0 aliphatic carbocycles. The van der Waals surface area contributed by atoms with Gasteiger partial charge < -0.3 is 20.1 Å². The van der Waals surface area contributed by atoms with Gasteiger partial charge in [0.2, 0.25) is 0 Å². The van der Waals surface area contributed by atoms with E-state index >= 15 is 0 Å². The summed E-state index contributed by atoms with van der Waals surface area (Å²) in [5.41, 5.74) is 0.432. The van der Waals surface area contributed by atoms with Gasteiger partial charge in [-0.2, -0.15) is 0 Å². The van der Waals surface area contributed by atoms with Crippen LogP contribution in [0.1, 0.15) is 46.6 Å². The summed E-state index contributed by atoms with van der Waals surface area (Å²) in [7, 11) is 0. The third kappa shape index (κ3) is 10.7. The molecule has 6 heteroatoms. The van der Waals surface area contributed by atoms with Gasteiger partial charge in [0.15, 0.2) is 0 Å². The van der Waals surface area contributed by atoms with E-state index in [9.17, 15) is 9.59 Å². The second-order valence-electron chi connectivity index (χ2n) is 7.75. The highest BCUT2D eigenvalue weighted by Crippen LogP contribution is 2.07. The number of carbonyl (C=O) groups excluding carboxylic acids is 2. The van der Waals surface area contributed by atoms with Crippen molar-refractivity contribution < 1.29 is 19.1 Å². The Morgan fingerprint density at radius 3 is 2.35 bits per heavy atom. The maximum absolute atomic E-state index is 12.0. The first kappa shape index (κ1) is 22.0. The van der Waals surface area contributed by atoms with Gasteiger partial charge in [-0.25, -0.2) is 4.79 Å². The molecule has 0 aliphatic heterocycles. The van der Waals surface area contributed by atoms with E-state index in [2.05, 4.69) is 24.5 Å². The van der Waals surface area contributed by atoms with Crippen LogP contribution in [0.5, 0.6) is 0 Å². The van der Waals surface area contributed by atoms with Crippen LogP contribution in [0.4, 0.5) is 4.79 Å². The highest BCUT2D eigenvalue weighted by Gasteiger charge is 2.18. The van der Waals surface area contributed by atoms with Gasteiger partial charge in [0.25, 0.3) is 0 Å². The molecule has 26 heavy (non-hydrogen) atoms. The molecule has 1 atom stereocenters. The fourth-order valence-corrected chi connectivity index (χ4v) is 2.42. The zero-order chi connectivity index (χ0) is 19.6. The summed E-state index contributed by atoms with van der Waals surface area (Å²) in [6.45, 7) is 10.5. The lowest BCUT2D eigenvalue weighted by Crippen LogP contribution is -2.44. The molecule has 0 fully saturated rings. The molecule has 0 radical (unpaired) electrons. The van der Waals surface area contributed by atoms with Gasteiger partial charge in [0, 0.05) is 12.6 Å². The largest absolute Gasteiger partial charge is 0.459 e. The van der Waals surface area contributed by atoms with Crippen molar-refractivity contribution in [3.63, 3.8) is 0 Å². The summed E-state index contributed by atoms with van der Waals surface area (Å²) in [6, 6.07) is 9.40. The Hall–Kier alpha value is -2.08. The molecule has 1 aromatic carbocycles. The second kappa shape index (κ2) is 10.8. The average Bonchev–Trinajstić information content (AvgIpc) is 2.51. The Labute approximate surface area is 156 Å². The minimum atomic E-state index is -0.504. The molecule has 0 aliphatic rings. The molecule has 0 bridgehead atoms. The predicted octanol–water partition coefficient (Wildman–Crippen LogP) is 3.26. The van der Waals surface area contributed by atoms with Gasteiger partial charge in [0.05, 0.1) is 6.54 Å². The third-order valence-corrected chi connectivity index (χ3v) is 3.37. The lowest BCUT2D eigenvalue weighted by molar-refractivity contribution is -0.153. The van der Waals surface area contributed by atoms with E-state index in [1.807, 2.05) is 51.1 Å². The van der Waals surface area contributed by atoms with E-state index in [1.54, 1.807) is 0 Å². The first-order valence-electron chi connectivity index (χ1n) is 9.05. The highest BCUT2D eigenvalue weighted by molar-refractivity contribution is 5.72. The Kier molecular flexibility index (Phi) is 9.13. The van der Waals surface area contributed by atoms with Crippen LogP contribution in [0, 0.1) is 5.92 Å². The average molecular weight is 364 g/mol. The number of benzene rings is 1. The van der Waals surface area contributed by atoms with Crippen LogP contribution in [0.3, 0.4) is 0 Å². The summed E-state index contributed by atoms with van der Waals surface area (Å²) in [6.07, 6.45) is 0.320. The molecule has 0 heterocycles. The van der Waals surface area contributed by atoms with Crippen molar-refractivity contribution in [3.8, 4) is 0 Å². The Morgan fingerprint density at radius 2 is 1.77 bits per heavy atom. The molecule has 146 valence electrons. The van der Waals surface area contributed by atoms with Crippen LogP contribution < -0.4 is 10.6 Å². The molecule has 6 nitrogen and oxygen atoms in total. The van der Waals surface area contributed by atoms with Gasteiger partial charge in [-0.05, 0) is 38.7 Å². The van der Waals surface area contributed by atoms with Crippen LogP contribution in [-0.2, 0) is 20.9 Å². The van der Waals surface area contributed by atoms with E-state index in [-0.39, 0.29) is 25.2 Å². The number of nitrogens with one attached hydrogen (secondary N) is 2. The maximum Gasteiger partial charge on any atom is 0.407 e. The van der Waals surface area contributed by atoms with Crippen LogP contribution >= 0.6 is 0 Å². The van der Waals surface area contributed by atoms with Crippen molar-refractivity contribution in [1.82, 2.24) is 10.6 Å². The Balaban J connectivity index is 2.40. The minimum Gasteiger partial charge on any atom is -0.459 e. The monoisotopic (exact) mass is 364 g/mol. The lowest BCUT2D eigenvalue weighted by Gasteiger charge is -2.22. The number of esters is 1. The zero-order valence-corrected chi connectivity index (χ0v) is 16.5. The van der Waals surface area contributed by atoms with E-state index < -0.39 is 11.7 Å². The van der Waals surface area contributed by atoms with Gasteiger partial charge in [0.1, 0.15) is 12.2 Å². The summed E-state index contributed by atoms with van der Waals surface area (Å²) in [5.74, 6) is 0.0881. The molecule has 0 saturated carbocycles. The van der Waals surface area contributed by atoms with Crippen molar-refractivity contribution in [1.29, 1.82) is 0 Å². The van der Waals surface area contributed by atoms with E-state index in [1.165, 1.54) is 0 Å². The molecule has 0 saturated heterocycles. The number of carbonyl (C=O) groups is 2. The number of hydrogen-bond donors (Lipinski definition) is 2. The normalized spacial score (nSPS) is 12.5. The van der Waals surface area contributed by atoms with Crippen LogP contribution in [0.2, 0.25) is 0 Å². The summed E-state index contributed by atoms with van der Waals surface area (Å²) >= 11 is 0. The number of rotatable bonds is 9. The third-order valence-electron chi connectivity index (χ3n) is 3.37. The quantitative estimate of drug-likeness (QED) is 0.658. The summed E-state index contributed by atoms with van der Waals surface area (Å²) in [5, 5.41) is 5.91. The highest BCUT2D eigenvalue weighted by atomic mass is 16.6. The molecular formula is C20H32N2O4. The Bertz CT molecular complexity index is 553. The fraction of sp³-hybridized carbons (Fsp3) is 0.600. The van der Waals surface area contributed by atoms with Gasteiger partial charge in [-0.3, -0.25) is 4.79 Å². The van der Waals surface area contributed by atoms with Crippen molar-refractivity contribution in [3.05, 3.63) is 35.9 Å². The minimum absolute atomic E-state index is 0.104. The SMILES string of the molecule is CC(C)C[C@@H](CNCC(=O)OC(C)(C)C)NC(=O)OCc1ccccc1. The second-order valence-corrected chi connectivity index (χ2v) is 7.75. The van der Waals surface area contributed by atoms with Crippen molar-refractivity contribution >= 4 is 12.1 Å². The molecule has 2 N–H and O–H groups in total. The fourth-order valence-electron chi connectivity index (χ4n) is 2.42. The first-order chi connectivity index (χ1) is 12.2. The van der Waals surface area contributed by atoms with Crippen LogP contribution in [-0.4, -0.2) is 36.8 Å². The van der Waals surface area contributed by atoms with Crippen LogP contribution in [0.25, 0.3) is 0 Å². The summed E-state index contributed by atoms with van der Waals surface area (Å²) in [4.78, 5) is 23.8. The Morgan fingerprint density at radius 1 is 1.12 bits per heavy atom. The standard InChI is InChI=1S/C20H32N2O4/c1-15(2)11-17(12-21-13-18(23)26-20(3,4)5)22-19(24)25-14-16-9-7-6-8-10-16/h6-10,15,17,21H,11-14H2,1-5H3,(H,22,24)/t17-/m0/s1. The molecule has 0 spiro atoms. The lowest BCUT2D eigenvalue weighted by atomic mass is 10.0. The van der Waals surface area contributed by atoms with Crippen LogP contribution in [0.15, 0.2) is 30.3 Å². The summed E-state index contributed by atoms with van der Waals surface area (Å²) < 4.78 is 10.5. The van der Waals surface area contributed by atoms with E-state index in [4.69, 9.17) is 9.47 Å². The van der Waals surface area contributed by atoms with Crippen molar-refractivity contribution in [2.45, 2.75) is 59.3 Å². The van der Waals surface area contributed by atoms with E-state index in [0.717, 1.165) is 12.0 Å². The molecular weight excluding hydrogens is 332 g/mol. The molecule has 0 unspecified atom stereocenters. The molecule has 1 rings (SSSR count). The molecule has 0 aromatic heterocycles. The smallest absolute Gasteiger partial charge is 0.407 e. The number of hydrogen-bond acceptors (Lipinski definition) is 5. The van der Waals surface area contributed by atoms with Gasteiger partial charge >= 0.3 is 12.1 Å². The molecule has 1 amide bonds. The predicted molar refractivity (Wildman–Crippen MR) is 102 cm³/mol. The number of ether oxygens (including phenoxy) is 2. The van der Waals surface area contributed by atoms with E-state index in [0.29, 0.717) is 12.5 Å². The first-order valence-corrected chi connectivity index (χ1v) is 9.05. The number of amides is 1.